The highest BCUT2D eigenvalue weighted by atomic mass is 16.5. The molecule has 0 heterocycles. The van der Waals surface area contributed by atoms with E-state index in [0.717, 1.165) is 5.56 Å². The maximum atomic E-state index is 11.9. The number of carbonyl (C=O) groups is 3. The highest BCUT2D eigenvalue weighted by molar-refractivity contribution is 5.88. The Hall–Kier alpha value is -2.37. The topological polar surface area (TPSA) is 81.7 Å². The highest BCUT2D eigenvalue weighted by Crippen LogP contribution is 2.05. The summed E-state index contributed by atoms with van der Waals surface area (Å²) in [6.07, 6.45) is 0.00982. The van der Waals surface area contributed by atoms with Gasteiger partial charge in [0.1, 0.15) is 12.6 Å². The number of hydrogen-bond donors (Lipinski definition) is 1. The van der Waals surface area contributed by atoms with Crippen molar-refractivity contribution in [3.63, 3.8) is 0 Å². The first-order valence-electron chi connectivity index (χ1n) is 7.49. The number of amides is 1. The normalized spacial score (nSPS) is 11.7. The summed E-state index contributed by atoms with van der Waals surface area (Å²) >= 11 is 0. The van der Waals surface area contributed by atoms with E-state index in [1.807, 2.05) is 44.2 Å². The summed E-state index contributed by atoms with van der Waals surface area (Å²) in [6, 6.07) is 8.17. The van der Waals surface area contributed by atoms with Crippen LogP contribution in [0.15, 0.2) is 30.3 Å². The quantitative estimate of drug-likeness (QED) is 0.739. The Bertz CT molecular complexity index is 527. The summed E-state index contributed by atoms with van der Waals surface area (Å²) in [5.41, 5.74) is 0.847. The van der Waals surface area contributed by atoms with Gasteiger partial charge in [-0.25, -0.2) is 4.79 Å². The van der Waals surface area contributed by atoms with E-state index in [2.05, 4.69) is 10.1 Å². The lowest BCUT2D eigenvalue weighted by atomic mass is 10.1. The zero-order valence-electron chi connectivity index (χ0n) is 13.7. The van der Waals surface area contributed by atoms with Crippen LogP contribution in [0, 0.1) is 5.92 Å². The number of hydrogen-bond acceptors (Lipinski definition) is 5. The number of benzene rings is 1. The fourth-order valence-electron chi connectivity index (χ4n) is 1.92. The Morgan fingerprint density at radius 3 is 2.30 bits per heavy atom. The van der Waals surface area contributed by atoms with Crippen molar-refractivity contribution in [1.29, 1.82) is 0 Å². The Morgan fingerprint density at radius 2 is 1.74 bits per heavy atom. The van der Waals surface area contributed by atoms with E-state index in [1.165, 1.54) is 7.11 Å². The predicted molar refractivity (Wildman–Crippen MR) is 84.3 cm³/mol. The Morgan fingerprint density at radius 1 is 1.09 bits per heavy atom. The van der Waals surface area contributed by atoms with Gasteiger partial charge in [-0.05, 0) is 11.5 Å². The fourth-order valence-corrected chi connectivity index (χ4v) is 1.92. The average Bonchev–Trinajstić information content (AvgIpc) is 2.51. The lowest BCUT2D eigenvalue weighted by Gasteiger charge is -2.16. The average molecular weight is 321 g/mol. The van der Waals surface area contributed by atoms with Crippen molar-refractivity contribution < 1.29 is 23.9 Å². The van der Waals surface area contributed by atoms with E-state index < -0.39 is 18.0 Å². The molecule has 0 aliphatic carbocycles. The largest absolute Gasteiger partial charge is 0.467 e. The van der Waals surface area contributed by atoms with Gasteiger partial charge in [-0.2, -0.15) is 0 Å². The molecule has 0 aliphatic heterocycles. The molecule has 0 fully saturated rings. The van der Waals surface area contributed by atoms with Crippen LogP contribution in [-0.2, 0) is 30.5 Å². The summed E-state index contributed by atoms with van der Waals surface area (Å²) in [7, 11) is 1.21. The number of rotatable bonds is 8. The van der Waals surface area contributed by atoms with Gasteiger partial charge in [0.2, 0.25) is 5.91 Å². The molecule has 1 N–H and O–H groups in total. The summed E-state index contributed by atoms with van der Waals surface area (Å²) < 4.78 is 9.74. The van der Waals surface area contributed by atoms with Crippen LogP contribution in [0.3, 0.4) is 0 Å². The van der Waals surface area contributed by atoms with Gasteiger partial charge in [0.15, 0.2) is 0 Å². The molecular formula is C17H23NO5. The Balaban J connectivity index is 2.53. The fraction of sp³-hybridized carbons (Fsp3) is 0.471. The Kier molecular flexibility index (Phi) is 7.80. The van der Waals surface area contributed by atoms with Crippen LogP contribution in [0.1, 0.15) is 32.3 Å². The third-order valence-corrected chi connectivity index (χ3v) is 3.03. The van der Waals surface area contributed by atoms with Crippen molar-refractivity contribution >= 4 is 17.8 Å². The molecule has 6 nitrogen and oxygen atoms in total. The van der Waals surface area contributed by atoms with Gasteiger partial charge >= 0.3 is 11.9 Å². The Labute approximate surface area is 136 Å². The minimum atomic E-state index is -1.03. The molecule has 0 saturated carbocycles. The third kappa shape index (κ3) is 7.44. The molecule has 0 radical (unpaired) electrons. The second kappa shape index (κ2) is 9.61. The molecule has 1 amide bonds. The molecule has 0 saturated heterocycles. The van der Waals surface area contributed by atoms with Crippen molar-refractivity contribution in [2.75, 3.05) is 7.11 Å². The maximum absolute atomic E-state index is 11.9. The molecule has 1 aromatic carbocycles. The van der Waals surface area contributed by atoms with Crippen LogP contribution in [-0.4, -0.2) is 31.0 Å². The monoisotopic (exact) mass is 321 g/mol. The van der Waals surface area contributed by atoms with Crippen LogP contribution >= 0.6 is 0 Å². The highest BCUT2D eigenvalue weighted by Gasteiger charge is 2.25. The molecule has 23 heavy (non-hydrogen) atoms. The standard InChI is InChI=1S/C17H23NO5/c1-12(2)9-15(19)18-14(17(21)22-3)10-16(20)23-11-13-7-5-4-6-8-13/h4-8,12,14H,9-11H2,1-3H3,(H,18,19). The molecule has 0 spiro atoms. The van der Waals surface area contributed by atoms with Crippen molar-refractivity contribution in [3.05, 3.63) is 35.9 Å². The van der Waals surface area contributed by atoms with Gasteiger partial charge in [-0.3, -0.25) is 9.59 Å². The van der Waals surface area contributed by atoms with Gasteiger partial charge in [-0.1, -0.05) is 44.2 Å². The second-order valence-corrected chi connectivity index (χ2v) is 5.59. The van der Waals surface area contributed by atoms with Crippen LogP contribution in [0.5, 0.6) is 0 Å². The van der Waals surface area contributed by atoms with Crippen LogP contribution < -0.4 is 5.32 Å². The van der Waals surface area contributed by atoms with Crippen molar-refractivity contribution in [2.24, 2.45) is 5.92 Å². The van der Waals surface area contributed by atoms with Gasteiger partial charge < -0.3 is 14.8 Å². The number of methoxy groups -OCH3 is 1. The van der Waals surface area contributed by atoms with Crippen LogP contribution in [0.4, 0.5) is 0 Å². The van der Waals surface area contributed by atoms with Crippen LogP contribution in [0.2, 0.25) is 0 Å². The first-order chi connectivity index (χ1) is 10.9. The lowest BCUT2D eigenvalue weighted by molar-refractivity contribution is -0.152. The van der Waals surface area contributed by atoms with Crippen molar-refractivity contribution in [2.45, 2.75) is 39.3 Å². The van der Waals surface area contributed by atoms with E-state index in [-0.39, 0.29) is 31.3 Å². The molecule has 0 aromatic heterocycles. The zero-order valence-corrected chi connectivity index (χ0v) is 13.7. The summed E-state index contributed by atoms with van der Waals surface area (Å²) in [5.74, 6) is -1.39. The smallest absolute Gasteiger partial charge is 0.328 e. The molecular weight excluding hydrogens is 298 g/mol. The molecule has 0 aliphatic rings. The summed E-state index contributed by atoms with van der Waals surface area (Å²) in [5, 5.41) is 2.51. The van der Waals surface area contributed by atoms with Gasteiger partial charge in [0, 0.05) is 6.42 Å². The van der Waals surface area contributed by atoms with E-state index in [0.29, 0.717) is 0 Å². The summed E-state index contributed by atoms with van der Waals surface area (Å²) in [6.45, 7) is 3.90. The molecule has 0 bridgehead atoms. The molecule has 1 unspecified atom stereocenters. The molecule has 126 valence electrons. The van der Waals surface area contributed by atoms with Crippen molar-refractivity contribution in [3.8, 4) is 0 Å². The minimum Gasteiger partial charge on any atom is -0.467 e. The van der Waals surface area contributed by atoms with E-state index >= 15 is 0 Å². The predicted octanol–water partition coefficient (Wildman–Crippen LogP) is 1.82. The second-order valence-electron chi connectivity index (χ2n) is 5.59. The molecule has 6 heteroatoms. The zero-order chi connectivity index (χ0) is 17.2. The maximum Gasteiger partial charge on any atom is 0.328 e. The van der Waals surface area contributed by atoms with Gasteiger partial charge in [0.25, 0.3) is 0 Å². The number of ether oxygens (including phenoxy) is 2. The minimum absolute atomic E-state index is 0.119. The molecule has 1 atom stereocenters. The number of nitrogens with one attached hydrogen (secondary N) is 1. The number of carbonyl (C=O) groups excluding carboxylic acids is 3. The third-order valence-electron chi connectivity index (χ3n) is 3.03. The van der Waals surface area contributed by atoms with Gasteiger partial charge in [0.05, 0.1) is 13.5 Å². The SMILES string of the molecule is COC(=O)C(CC(=O)OCc1ccccc1)NC(=O)CC(C)C. The summed E-state index contributed by atoms with van der Waals surface area (Å²) in [4.78, 5) is 35.3. The molecule has 1 rings (SSSR count). The lowest BCUT2D eigenvalue weighted by Crippen LogP contribution is -2.43. The van der Waals surface area contributed by atoms with Crippen LogP contribution in [0.25, 0.3) is 0 Å². The first-order valence-corrected chi connectivity index (χ1v) is 7.49. The first kappa shape index (κ1) is 18.7. The molecule has 1 aromatic rings. The van der Waals surface area contributed by atoms with Gasteiger partial charge in [-0.15, -0.1) is 0 Å². The van der Waals surface area contributed by atoms with E-state index in [9.17, 15) is 14.4 Å². The van der Waals surface area contributed by atoms with E-state index in [4.69, 9.17) is 4.74 Å². The van der Waals surface area contributed by atoms with Crippen molar-refractivity contribution in [1.82, 2.24) is 5.32 Å². The number of esters is 2. The van der Waals surface area contributed by atoms with E-state index in [1.54, 1.807) is 0 Å².